The van der Waals surface area contributed by atoms with E-state index in [-0.39, 0.29) is 10.7 Å². The minimum Gasteiger partial charge on any atom is -0.328 e. The number of amides is 1. The average Bonchev–Trinajstić information content (AvgIpc) is 3.30. The number of anilines is 1. The van der Waals surface area contributed by atoms with E-state index in [1.165, 1.54) is 30.3 Å². The number of nitrogens with one attached hydrogen (secondary N) is 2. The van der Waals surface area contributed by atoms with Crippen LogP contribution in [0.3, 0.4) is 0 Å². The summed E-state index contributed by atoms with van der Waals surface area (Å²) in [5, 5.41) is 1.56. The standard InChI is InChI=1S/C24H20ClN3O5S2/c1-16-12-13-18(25)14-20(16)26-21(29)15-34(30,31)23-24(35(32,33)19-10-6-3-7-11-19)28-22(27-23)17-8-4-2-5-9-17/h2-14H,15H2,1H3,(H,26,29)(H,27,28). The van der Waals surface area contributed by atoms with Gasteiger partial charge in [-0.3, -0.25) is 4.79 Å². The predicted molar refractivity (Wildman–Crippen MR) is 133 cm³/mol. The van der Waals surface area contributed by atoms with Crippen LogP contribution in [0.15, 0.2) is 93.8 Å². The third kappa shape index (κ3) is 5.29. The third-order valence-electron chi connectivity index (χ3n) is 5.10. The molecule has 0 fully saturated rings. The largest absolute Gasteiger partial charge is 0.328 e. The number of aromatic nitrogens is 2. The summed E-state index contributed by atoms with van der Waals surface area (Å²) in [6, 6.07) is 20.7. The first-order chi connectivity index (χ1) is 16.6. The van der Waals surface area contributed by atoms with Crippen LogP contribution in [0.25, 0.3) is 11.4 Å². The van der Waals surface area contributed by atoms with Gasteiger partial charge in [0.05, 0.1) is 4.90 Å². The van der Waals surface area contributed by atoms with Crippen LogP contribution in [0, 0.1) is 6.92 Å². The number of carbonyl (C=O) groups is 1. The number of aromatic amines is 1. The number of aryl methyl sites for hydroxylation is 1. The summed E-state index contributed by atoms with van der Waals surface area (Å²) in [5.41, 5.74) is 1.52. The first-order valence-electron chi connectivity index (χ1n) is 10.3. The lowest BCUT2D eigenvalue weighted by atomic mass is 10.2. The highest BCUT2D eigenvalue weighted by Crippen LogP contribution is 2.30. The quantitative estimate of drug-likeness (QED) is 0.368. The molecule has 35 heavy (non-hydrogen) atoms. The van der Waals surface area contributed by atoms with Gasteiger partial charge < -0.3 is 10.3 Å². The van der Waals surface area contributed by atoms with Crippen LogP contribution in [0.1, 0.15) is 5.56 Å². The van der Waals surface area contributed by atoms with E-state index in [0.29, 0.717) is 21.8 Å². The Morgan fingerprint density at radius 2 is 1.57 bits per heavy atom. The Bertz CT molecular complexity index is 1600. The molecule has 1 aromatic heterocycles. The second kappa shape index (κ2) is 9.65. The Morgan fingerprint density at radius 1 is 0.943 bits per heavy atom. The number of carbonyl (C=O) groups excluding carboxylic acids is 1. The van der Waals surface area contributed by atoms with E-state index in [1.54, 1.807) is 55.5 Å². The van der Waals surface area contributed by atoms with Crippen molar-refractivity contribution in [2.75, 3.05) is 11.1 Å². The van der Waals surface area contributed by atoms with Crippen molar-refractivity contribution in [2.24, 2.45) is 0 Å². The maximum Gasteiger partial charge on any atom is 0.240 e. The topological polar surface area (TPSA) is 126 Å². The molecule has 2 N–H and O–H groups in total. The maximum atomic E-state index is 13.3. The molecule has 0 saturated carbocycles. The van der Waals surface area contributed by atoms with Gasteiger partial charge in [0.1, 0.15) is 11.6 Å². The fourth-order valence-corrected chi connectivity index (χ4v) is 6.59. The summed E-state index contributed by atoms with van der Waals surface area (Å²) >= 11 is 5.97. The molecule has 0 atom stereocenters. The number of hydrogen-bond acceptors (Lipinski definition) is 6. The number of imidazole rings is 1. The van der Waals surface area contributed by atoms with Crippen molar-refractivity contribution in [1.29, 1.82) is 0 Å². The lowest BCUT2D eigenvalue weighted by Crippen LogP contribution is -2.24. The van der Waals surface area contributed by atoms with Crippen molar-refractivity contribution in [2.45, 2.75) is 21.9 Å². The Kier molecular flexibility index (Phi) is 6.79. The fourth-order valence-electron chi connectivity index (χ4n) is 3.34. The van der Waals surface area contributed by atoms with Crippen LogP contribution < -0.4 is 5.32 Å². The van der Waals surface area contributed by atoms with E-state index in [1.807, 2.05) is 0 Å². The SMILES string of the molecule is Cc1ccc(Cl)cc1NC(=O)CS(=O)(=O)c1[nH]c(-c2ccccc2)nc1S(=O)(=O)c1ccccc1. The van der Waals surface area contributed by atoms with Gasteiger partial charge in [-0.2, -0.15) is 0 Å². The van der Waals surface area contributed by atoms with Gasteiger partial charge >= 0.3 is 0 Å². The molecule has 0 aliphatic heterocycles. The smallest absolute Gasteiger partial charge is 0.240 e. The first kappa shape index (κ1) is 24.6. The number of nitrogens with zero attached hydrogens (tertiary/aromatic N) is 1. The van der Waals surface area contributed by atoms with Gasteiger partial charge in [0.25, 0.3) is 0 Å². The summed E-state index contributed by atoms with van der Waals surface area (Å²) in [6.45, 7) is 1.73. The molecule has 1 amide bonds. The highest BCUT2D eigenvalue weighted by atomic mass is 35.5. The molecule has 0 aliphatic rings. The number of H-pyrrole nitrogens is 1. The van der Waals surface area contributed by atoms with Crippen molar-refractivity contribution >= 4 is 42.9 Å². The maximum absolute atomic E-state index is 13.3. The molecule has 8 nitrogen and oxygen atoms in total. The second-order valence-electron chi connectivity index (χ2n) is 7.67. The molecule has 0 saturated heterocycles. The van der Waals surface area contributed by atoms with Gasteiger partial charge in [0.15, 0.2) is 10.1 Å². The van der Waals surface area contributed by atoms with Gasteiger partial charge in [0, 0.05) is 16.3 Å². The molecule has 4 rings (SSSR count). The van der Waals surface area contributed by atoms with Crippen molar-refractivity contribution in [1.82, 2.24) is 9.97 Å². The summed E-state index contributed by atoms with van der Waals surface area (Å²) < 4.78 is 53.3. The number of benzene rings is 3. The van der Waals surface area contributed by atoms with Crippen molar-refractivity contribution in [3.63, 3.8) is 0 Å². The van der Waals surface area contributed by atoms with Gasteiger partial charge in [-0.05, 0) is 36.8 Å². The normalized spacial score (nSPS) is 11.8. The summed E-state index contributed by atoms with van der Waals surface area (Å²) in [7, 11) is -8.77. The molecule has 11 heteroatoms. The van der Waals surface area contributed by atoms with Crippen LogP contribution in [0.2, 0.25) is 5.02 Å². The Hall–Kier alpha value is -3.47. The minimum absolute atomic E-state index is 0.0461. The number of halogens is 1. The van der Waals surface area contributed by atoms with Crippen LogP contribution in [0.5, 0.6) is 0 Å². The summed E-state index contributed by atoms with van der Waals surface area (Å²) in [5.74, 6) is -1.81. The first-order valence-corrected chi connectivity index (χ1v) is 13.8. The van der Waals surface area contributed by atoms with Gasteiger partial charge in [0.2, 0.25) is 25.6 Å². The number of sulfone groups is 2. The molecular formula is C24H20ClN3O5S2. The minimum atomic E-state index is -4.45. The van der Waals surface area contributed by atoms with E-state index < -0.39 is 41.4 Å². The highest BCUT2D eigenvalue weighted by Gasteiger charge is 2.34. The van der Waals surface area contributed by atoms with Crippen LogP contribution in [0.4, 0.5) is 5.69 Å². The van der Waals surface area contributed by atoms with Crippen LogP contribution in [-0.2, 0) is 24.5 Å². The zero-order valence-corrected chi connectivity index (χ0v) is 20.8. The fraction of sp³-hybridized carbons (Fsp3) is 0.0833. The summed E-state index contributed by atoms with van der Waals surface area (Å²) in [4.78, 5) is 19.3. The van der Waals surface area contributed by atoms with E-state index in [0.717, 1.165) is 0 Å². The van der Waals surface area contributed by atoms with Crippen LogP contribution >= 0.6 is 11.6 Å². The molecule has 180 valence electrons. The van der Waals surface area contributed by atoms with Crippen LogP contribution in [-0.4, -0.2) is 38.5 Å². The van der Waals surface area contributed by atoms with E-state index in [2.05, 4.69) is 15.3 Å². The molecule has 3 aromatic carbocycles. The average molecular weight is 530 g/mol. The monoisotopic (exact) mass is 529 g/mol. The lowest BCUT2D eigenvalue weighted by Gasteiger charge is -2.10. The van der Waals surface area contributed by atoms with Gasteiger partial charge in [-0.25, -0.2) is 21.8 Å². The van der Waals surface area contributed by atoms with Crippen molar-refractivity contribution < 1.29 is 21.6 Å². The molecule has 4 aromatic rings. The van der Waals surface area contributed by atoms with Gasteiger partial charge in [-0.15, -0.1) is 0 Å². The zero-order chi connectivity index (χ0) is 25.2. The van der Waals surface area contributed by atoms with Crippen molar-refractivity contribution in [3.8, 4) is 11.4 Å². The van der Waals surface area contributed by atoms with Crippen molar-refractivity contribution in [3.05, 3.63) is 89.4 Å². The Morgan fingerprint density at radius 3 is 2.23 bits per heavy atom. The van der Waals surface area contributed by atoms with E-state index >= 15 is 0 Å². The van der Waals surface area contributed by atoms with E-state index in [4.69, 9.17) is 11.6 Å². The molecule has 0 unspecified atom stereocenters. The zero-order valence-electron chi connectivity index (χ0n) is 18.4. The highest BCUT2D eigenvalue weighted by molar-refractivity contribution is 7.94. The van der Waals surface area contributed by atoms with E-state index in [9.17, 15) is 21.6 Å². The Balaban J connectivity index is 1.76. The Labute approximate surface area is 207 Å². The molecular weight excluding hydrogens is 510 g/mol. The molecule has 0 bridgehead atoms. The van der Waals surface area contributed by atoms with Gasteiger partial charge in [-0.1, -0.05) is 66.2 Å². The molecule has 1 heterocycles. The molecule has 0 spiro atoms. The summed E-state index contributed by atoms with van der Waals surface area (Å²) in [6.07, 6.45) is 0. The molecule has 0 aliphatic carbocycles. The predicted octanol–water partition coefficient (Wildman–Crippen LogP) is 4.28. The third-order valence-corrected chi connectivity index (χ3v) is 8.72. The second-order valence-corrected chi connectivity index (χ2v) is 11.9. The number of hydrogen-bond donors (Lipinski definition) is 2. The molecule has 0 radical (unpaired) electrons. The lowest BCUT2D eigenvalue weighted by molar-refractivity contribution is -0.113. The number of rotatable bonds is 7.